The number of carbonyl (C=O) groups is 2. The summed E-state index contributed by atoms with van der Waals surface area (Å²) >= 11 is 0. The Labute approximate surface area is 99.4 Å². The molecule has 0 aliphatic heterocycles. The zero-order chi connectivity index (χ0) is 13.9. The van der Waals surface area contributed by atoms with Crippen LogP contribution in [-0.2, 0) is 9.53 Å². The van der Waals surface area contributed by atoms with E-state index in [2.05, 4.69) is 4.74 Å². The maximum absolute atomic E-state index is 13.3. The fraction of sp³-hybridized carbons (Fsp3) is 0.273. The molecule has 0 saturated heterocycles. The molecule has 0 spiro atoms. The van der Waals surface area contributed by atoms with Crippen LogP contribution in [0.1, 0.15) is 17.3 Å². The molecule has 0 saturated carbocycles. The van der Waals surface area contributed by atoms with Gasteiger partial charge in [-0.3, -0.25) is 4.79 Å². The number of benzene rings is 1. The van der Waals surface area contributed by atoms with Gasteiger partial charge in [0, 0.05) is 6.07 Å². The van der Waals surface area contributed by atoms with Crippen LogP contribution < -0.4 is 0 Å². The smallest absolute Gasteiger partial charge is 0.404 e. The Balaban J connectivity index is 3.09. The fourth-order valence-corrected chi connectivity index (χ4v) is 1.16. The molecule has 0 heterocycles. The summed E-state index contributed by atoms with van der Waals surface area (Å²) in [6.07, 6.45) is 0. The number of rotatable bonds is 4. The number of halogens is 4. The van der Waals surface area contributed by atoms with Crippen molar-refractivity contribution in [3.05, 3.63) is 35.4 Å². The second kappa shape index (κ2) is 5.16. The highest BCUT2D eigenvalue weighted by Crippen LogP contribution is 2.24. The highest BCUT2D eigenvalue weighted by Gasteiger charge is 2.50. The van der Waals surface area contributed by atoms with Crippen LogP contribution >= 0.6 is 0 Å². The van der Waals surface area contributed by atoms with Gasteiger partial charge in [0.05, 0.1) is 12.2 Å². The minimum absolute atomic E-state index is 0.272. The molecule has 0 N–H and O–H groups in total. The third kappa shape index (κ3) is 2.66. The van der Waals surface area contributed by atoms with Crippen molar-refractivity contribution in [3.63, 3.8) is 0 Å². The minimum Gasteiger partial charge on any atom is -0.461 e. The normalized spacial score (nSPS) is 11.2. The summed E-state index contributed by atoms with van der Waals surface area (Å²) in [6, 6.07) is 1.45. The van der Waals surface area contributed by atoms with Crippen molar-refractivity contribution in [1.29, 1.82) is 0 Å². The van der Waals surface area contributed by atoms with Crippen LogP contribution in [0.5, 0.6) is 0 Å². The third-order valence-electron chi connectivity index (χ3n) is 1.99. The number of esters is 1. The van der Waals surface area contributed by atoms with Gasteiger partial charge in [0.1, 0.15) is 11.6 Å². The fourth-order valence-electron chi connectivity index (χ4n) is 1.16. The first kappa shape index (κ1) is 14.1. The van der Waals surface area contributed by atoms with Crippen molar-refractivity contribution < 1.29 is 31.9 Å². The Morgan fingerprint density at radius 3 is 2.39 bits per heavy atom. The minimum atomic E-state index is -4.51. The van der Waals surface area contributed by atoms with E-state index in [9.17, 15) is 27.2 Å². The SMILES string of the molecule is CCOC(=O)C(F)(F)C(=O)c1ccc(F)cc1F. The Morgan fingerprint density at radius 1 is 1.28 bits per heavy atom. The molecule has 0 fully saturated rings. The highest BCUT2D eigenvalue weighted by atomic mass is 19.3. The number of alkyl halides is 2. The average Bonchev–Trinajstić information content (AvgIpc) is 2.28. The third-order valence-corrected chi connectivity index (χ3v) is 1.99. The summed E-state index contributed by atoms with van der Waals surface area (Å²) < 4.78 is 56.3. The van der Waals surface area contributed by atoms with Crippen molar-refractivity contribution in [2.24, 2.45) is 0 Å². The van der Waals surface area contributed by atoms with Crippen LogP contribution in [0.2, 0.25) is 0 Å². The monoisotopic (exact) mass is 264 g/mol. The Hall–Kier alpha value is -1.92. The van der Waals surface area contributed by atoms with Crippen LogP contribution in [-0.4, -0.2) is 24.3 Å². The zero-order valence-electron chi connectivity index (χ0n) is 9.18. The van der Waals surface area contributed by atoms with E-state index in [4.69, 9.17) is 0 Å². The van der Waals surface area contributed by atoms with E-state index < -0.39 is 34.9 Å². The predicted octanol–water partition coefficient (Wildman–Crippen LogP) is 2.35. The van der Waals surface area contributed by atoms with Gasteiger partial charge in [-0.1, -0.05) is 0 Å². The summed E-state index contributed by atoms with van der Waals surface area (Å²) in [5, 5.41) is 0. The van der Waals surface area contributed by atoms with Gasteiger partial charge in [-0.2, -0.15) is 8.78 Å². The lowest BCUT2D eigenvalue weighted by Crippen LogP contribution is -2.39. The van der Waals surface area contributed by atoms with E-state index >= 15 is 0 Å². The summed E-state index contributed by atoms with van der Waals surface area (Å²) in [4.78, 5) is 22.2. The number of ether oxygens (including phenoxy) is 1. The molecule has 3 nitrogen and oxygen atoms in total. The summed E-state index contributed by atoms with van der Waals surface area (Å²) in [5.74, 6) is -11.1. The number of hydrogen-bond donors (Lipinski definition) is 0. The maximum Gasteiger partial charge on any atom is 0.404 e. The maximum atomic E-state index is 13.3. The first-order valence-electron chi connectivity index (χ1n) is 4.85. The van der Waals surface area contributed by atoms with E-state index in [1.54, 1.807) is 0 Å². The van der Waals surface area contributed by atoms with Crippen LogP contribution in [0.4, 0.5) is 17.6 Å². The molecule has 0 unspecified atom stereocenters. The van der Waals surface area contributed by atoms with Gasteiger partial charge in [-0.15, -0.1) is 0 Å². The molecule has 1 aromatic rings. The van der Waals surface area contributed by atoms with Gasteiger partial charge in [0.15, 0.2) is 0 Å². The van der Waals surface area contributed by atoms with Crippen LogP contribution in [0.25, 0.3) is 0 Å². The van der Waals surface area contributed by atoms with Gasteiger partial charge in [0.2, 0.25) is 5.78 Å². The number of ketones is 1. The van der Waals surface area contributed by atoms with Crippen LogP contribution in [0, 0.1) is 11.6 Å². The first-order valence-corrected chi connectivity index (χ1v) is 4.85. The molecule has 18 heavy (non-hydrogen) atoms. The van der Waals surface area contributed by atoms with Crippen molar-refractivity contribution in [3.8, 4) is 0 Å². The highest BCUT2D eigenvalue weighted by molar-refractivity contribution is 6.13. The lowest BCUT2D eigenvalue weighted by molar-refractivity contribution is -0.164. The second-order valence-electron chi connectivity index (χ2n) is 3.25. The lowest BCUT2D eigenvalue weighted by atomic mass is 10.0. The Morgan fingerprint density at radius 2 is 1.89 bits per heavy atom. The molecule has 0 atom stereocenters. The van der Waals surface area contributed by atoms with E-state index in [0.29, 0.717) is 12.1 Å². The second-order valence-corrected chi connectivity index (χ2v) is 3.25. The van der Waals surface area contributed by atoms with Gasteiger partial charge >= 0.3 is 11.9 Å². The molecule has 0 amide bonds. The largest absolute Gasteiger partial charge is 0.461 e. The summed E-state index contributed by atoms with van der Waals surface area (Å²) in [6.45, 7) is 0.921. The Kier molecular flexibility index (Phi) is 4.05. The molecule has 7 heteroatoms. The number of carbonyl (C=O) groups excluding carboxylic acids is 2. The van der Waals surface area contributed by atoms with E-state index in [1.165, 1.54) is 6.92 Å². The van der Waals surface area contributed by atoms with E-state index in [1.807, 2.05) is 0 Å². The average molecular weight is 264 g/mol. The molecule has 1 rings (SSSR count). The van der Waals surface area contributed by atoms with Gasteiger partial charge in [0.25, 0.3) is 0 Å². The van der Waals surface area contributed by atoms with Crippen molar-refractivity contribution in [2.75, 3.05) is 6.61 Å². The molecule has 0 aliphatic rings. The van der Waals surface area contributed by atoms with Crippen molar-refractivity contribution in [2.45, 2.75) is 12.8 Å². The van der Waals surface area contributed by atoms with E-state index in [0.717, 1.165) is 0 Å². The molecule has 0 bridgehead atoms. The summed E-state index contributed by atoms with van der Waals surface area (Å²) in [5.41, 5.74) is -1.07. The molecular weight excluding hydrogens is 256 g/mol. The first-order chi connectivity index (χ1) is 8.30. The molecule has 0 radical (unpaired) electrons. The van der Waals surface area contributed by atoms with Crippen LogP contribution in [0.3, 0.4) is 0 Å². The molecule has 0 aliphatic carbocycles. The van der Waals surface area contributed by atoms with Gasteiger partial charge < -0.3 is 4.74 Å². The van der Waals surface area contributed by atoms with Crippen LogP contribution in [0.15, 0.2) is 18.2 Å². The standard InChI is InChI=1S/C11H8F4O3/c1-2-18-10(17)11(14,15)9(16)7-4-3-6(12)5-8(7)13/h3-5H,2H2,1H3. The predicted molar refractivity (Wildman–Crippen MR) is 52.3 cm³/mol. The molecule has 0 aromatic heterocycles. The molecule has 98 valence electrons. The molecular formula is C11H8F4O3. The van der Waals surface area contributed by atoms with Gasteiger partial charge in [-0.05, 0) is 19.1 Å². The lowest BCUT2D eigenvalue weighted by Gasteiger charge is -2.13. The number of Topliss-reactive ketones (excluding diaryl/α,β-unsaturated/α-hetero) is 1. The van der Waals surface area contributed by atoms with Crippen molar-refractivity contribution >= 4 is 11.8 Å². The molecule has 1 aromatic carbocycles. The summed E-state index contributed by atoms with van der Waals surface area (Å²) in [7, 11) is 0. The van der Waals surface area contributed by atoms with Gasteiger partial charge in [-0.25, -0.2) is 13.6 Å². The van der Waals surface area contributed by atoms with Crippen molar-refractivity contribution in [1.82, 2.24) is 0 Å². The topological polar surface area (TPSA) is 43.4 Å². The Bertz CT molecular complexity index is 485. The zero-order valence-corrected chi connectivity index (χ0v) is 9.18. The quantitative estimate of drug-likeness (QED) is 0.363. The number of hydrogen-bond acceptors (Lipinski definition) is 3. The van der Waals surface area contributed by atoms with E-state index in [-0.39, 0.29) is 12.7 Å².